The van der Waals surface area contributed by atoms with Crippen molar-refractivity contribution in [2.45, 2.75) is 26.6 Å². The van der Waals surface area contributed by atoms with E-state index < -0.39 is 17.8 Å². The minimum Gasteiger partial charge on any atom is -0.463 e. The number of aromatic nitrogens is 5. The van der Waals surface area contributed by atoms with Crippen LogP contribution in [0.15, 0.2) is 59.3 Å². The number of anilines is 1. The summed E-state index contributed by atoms with van der Waals surface area (Å²) in [4.78, 5) is 24.4. The van der Waals surface area contributed by atoms with Gasteiger partial charge < -0.3 is 13.9 Å². The second-order valence-electron chi connectivity index (χ2n) is 8.35. The number of nitrogens with zero attached hydrogens (tertiary/aromatic N) is 6. The summed E-state index contributed by atoms with van der Waals surface area (Å²) in [6, 6.07) is 11.3. The lowest BCUT2D eigenvalue weighted by atomic mass is 10.2. The van der Waals surface area contributed by atoms with Gasteiger partial charge in [-0.3, -0.25) is 10.1 Å². The van der Waals surface area contributed by atoms with Crippen LogP contribution in [-0.4, -0.2) is 54.6 Å². The first-order valence-electron chi connectivity index (χ1n) is 11.8. The second kappa shape index (κ2) is 9.69. The summed E-state index contributed by atoms with van der Waals surface area (Å²) in [6.45, 7) is 7.18. The van der Waals surface area contributed by atoms with Crippen LogP contribution in [0.3, 0.4) is 0 Å². The maximum atomic E-state index is 13.8. The van der Waals surface area contributed by atoms with E-state index in [1.165, 1.54) is 12.3 Å². The van der Waals surface area contributed by atoms with Crippen LogP contribution in [0.2, 0.25) is 0 Å². The van der Waals surface area contributed by atoms with E-state index in [0.29, 0.717) is 16.6 Å². The smallest absolute Gasteiger partial charge is 0.433 e. The largest absolute Gasteiger partial charge is 0.463 e. The van der Waals surface area contributed by atoms with Gasteiger partial charge in [-0.25, -0.2) is 14.5 Å². The topological polar surface area (TPSA) is 93.5 Å². The SMILES string of the molecule is CCN(CC)CCn1c(NC(=O)c2cnn3c(C(F)(F)F)cc(-c4ccco4)nc23)nc2ccccc21. The van der Waals surface area contributed by atoms with Gasteiger partial charge in [0.1, 0.15) is 11.3 Å². The molecule has 192 valence electrons. The van der Waals surface area contributed by atoms with E-state index in [4.69, 9.17) is 4.42 Å². The number of halogens is 3. The molecule has 0 saturated carbocycles. The Hall–Kier alpha value is -4.19. The van der Waals surface area contributed by atoms with Gasteiger partial charge in [0.15, 0.2) is 17.1 Å². The molecular weight excluding hydrogens is 487 g/mol. The molecule has 5 aromatic rings. The summed E-state index contributed by atoms with van der Waals surface area (Å²) < 4.78 is 49.3. The predicted molar refractivity (Wildman–Crippen MR) is 131 cm³/mol. The van der Waals surface area contributed by atoms with E-state index in [1.807, 2.05) is 28.8 Å². The maximum absolute atomic E-state index is 13.8. The van der Waals surface area contributed by atoms with Gasteiger partial charge in [0.2, 0.25) is 5.95 Å². The molecule has 12 heteroatoms. The van der Waals surface area contributed by atoms with E-state index in [-0.39, 0.29) is 28.6 Å². The van der Waals surface area contributed by atoms with Gasteiger partial charge >= 0.3 is 6.18 Å². The Bertz CT molecular complexity index is 1550. The van der Waals surface area contributed by atoms with Crippen LogP contribution in [0.5, 0.6) is 0 Å². The number of hydrogen-bond acceptors (Lipinski definition) is 6. The summed E-state index contributed by atoms with van der Waals surface area (Å²) in [5, 5.41) is 6.59. The number of amides is 1. The Morgan fingerprint density at radius 2 is 1.89 bits per heavy atom. The van der Waals surface area contributed by atoms with E-state index in [2.05, 4.69) is 39.1 Å². The lowest BCUT2D eigenvalue weighted by molar-refractivity contribution is -0.142. The summed E-state index contributed by atoms with van der Waals surface area (Å²) >= 11 is 0. The zero-order valence-electron chi connectivity index (χ0n) is 20.2. The quantitative estimate of drug-likeness (QED) is 0.317. The number of nitrogens with one attached hydrogen (secondary N) is 1. The number of para-hydroxylation sites is 2. The first-order chi connectivity index (χ1) is 17.8. The minimum absolute atomic E-state index is 0.0640. The van der Waals surface area contributed by atoms with Gasteiger partial charge in [0, 0.05) is 13.1 Å². The third-order valence-electron chi connectivity index (χ3n) is 6.19. The molecule has 1 aromatic carbocycles. The van der Waals surface area contributed by atoms with Crippen molar-refractivity contribution in [1.29, 1.82) is 0 Å². The molecule has 0 radical (unpaired) electrons. The van der Waals surface area contributed by atoms with Gasteiger partial charge in [0.05, 0.1) is 23.5 Å². The number of alkyl halides is 3. The van der Waals surface area contributed by atoms with E-state index >= 15 is 0 Å². The van der Waals surface area contributed by atoms with Gasteiger partial charge in [-0.1, -0.05) is 26.0 Å². The fourth-order valence-corrected chi connectivity index (χ4v) is 4.22. The van der Waals surface area contributed by atoms with E-state index in [0.717, 1.165) is 37.4 Å². The first kappa shape index (κ1) is 24.5. The monoisotopic (exact) mass is 511 g/mol. The number of carbonyl (C=O) groups is 1. The summed E-state index contributed by atoms with van der Waals surface area (Å²) in [5.41, 5.74) is 0.0169. The van der Waals surface area contributed by atoms with Gasteiger partial charge in [-0.05, 0) is 43.4 Å². The van der Waals surface area contributed by atoms with E-state index in [1.54, 1.807) is 6.07 Å². The van der Waals surface area contributed by atoms with Crippen molar-refractivity contribution in [1.82, 2.24) is 29.0 Å². The lowest BCUT2D eigenvalue weighted by Crippen LogP contribution is -2.27. The molecule has 4 aromatic heterocycles. The number of hydrogen-bond donors (Lipinski definition) is 1. The highest BCUT2D eigenvalue weighted by atomic mass is 19.4. The Morgan fingerprint density at radius 3 is 2.59 bits per heavy atom. The Kier molecular flexibility index (Phi) is 6.42. The van der Waals surface area contributed by atoms with Gasteiger partial charge in [-0.2, -0.15) is 18.3 Å². The number of likely N-dealkylation sites (N-methyl/N-ethyl adjacent to an activating group) is 1. The van der Waals surface area contributed by atoms with Crippen LogP contribution in [-0.2, 0) is 12.7 Å². The molecule has 5 rings (SSSR count). The predicted octanol–water partition coefficient (Wildman–Crippen LogP) is 4.95. The highest BCUT2D eigenvalue weighted by molar-refractivity contribution is 6.08. The molecule has 0 unspecified atom stereocenters. The lowest BCUT2D eigenvalue weighted by Gasteiger charge is -2.19. The van der Waals surface area contributed by atoms with Crippen LogP contribution in [0.25, 0.3) is 28.1 Å². The number of carbonyl (C=O) groups excluding carboxylic acids is 1. The highest BCUT2D eigenvalue weighted by Gasteiger charge is 2.36. The van der Waals surface area contributed by atoms with Crippen molar-refractivity contribution in [3.05, 3.63) is 66.2 Å². The molecule has 0 spiro atoms. The molecule has 0 aliphatic heterocycles. The molecule has 0 atom stereocenters. The van der Waals surface area contributed by atoms with Gasteiger partial charge in [0.25, 0.3) is 5.91 Å². The zero-order valence-corrected chi connectivity index (χ0v) is 20.2. The molecule has 9 nitrogen and oxygen atoms in total. The minimum atomic E-state index is -4.74. The number of benzene rings is 1. The third kappa shape index (κ3) is 4.67. The van der Waals surface area contributed by atoms with Gasteiger partial charge in [-0.15, -0.1) is 0 Å². The highest BCUT2D eigenvalue weighted by Crippen LogP contribution is 2.33. The number of furan rings is 1. The normalized spacial score (nSPS) is 12.2. The molecule has 1 amide bonds. The number of imidazole rings is 1. The molecular formula is C25H24F3N7O2. The van der Waals surface area contributed by atoms with Crippen molar-refractivity contribution in [2.75, 3.05) is 25.0 Å². The number of rotatable bonds is 8. The van der Waals surface area contributed by atoms with E-state index in [9.17, 15) is 18.0 Å². The molecule has 0 saturated heterocycles. The summed E-state index contributed by atoms with van der Waals surface area (Å²) in [7, 11) is 0. The molecule has 0 aliphatic carbocycles. The Balaban J connectivity index is 1.55. The van der Waals surface area contributed by atoms with Crippen molar-refractivity contribution < 1.29 is 22.4 Å². The number of fused-ring (bicyclic) bond motifs is 2. The van der Waals surface area contributed by atoms with Crippen molar-refractivity contribution in [2.24, 2.45) is 0 Å². The molecule has 0 bridgehead atoms. The average molecular weight is 512 g/mol. The third-order valence-corrected chi connectivity index (χ3v) is 6.19. The summed E-state index contributed by atoms with van der Waals surface area (Å²) in [5.74, 6) is -0.249. The average Bonchev–Trinajstić information content (AvgIpc) is 3.62. The van der Waals surface area contributed by atoms with Crippen molar-refractivity contribution in [3.8, 4) is 11.5 Å². The fourth-order valence-electron chi connectivity index (χ4n) is 4.22. The standard InChI is InChI=1S/C25H24F3N7O2/c1-3-33(4-2)11-12-34-19-9-6-5-8-17(19)31-24(34)32-23(36)16-15-29-35-21(25(26,27)28)14-18(30-22(16)35)20-10-7-13-37-20/h5-10,13-15H,3-4,11-12H2,1-2H3,(H,31,32,36). The van der Waals surface area contributed by atoms with Crippen LogP contribution in [0, 0.1) is 0 Å². The molecule has 37 heavy (non-hydrogen) atoms. The molecule has 1 N–H and O–H groups in total. The second-order valence-corrected chi connectivity index (χ2v) is 8.35. The summed E-state index contributed by atoms with van der Waals surface area (Å²) in [6.07, 6.45) is -2.33. The Morgan fingerprint density at radius 1 is 1.11 bits per heavy atom. The Labute approximate surface area is 209 Å². The van der Waals surface area contributed by atoms with Crippen LogP contribution in [0.4, 0.5) is 19.1 Å². The molecule has 0 aliphatic rings. The van der Waals surface area contributed by atoms with Crippen LogP contribution < -0.4 is 5.32 Å². The van der Waals surface area contributed by atoms with Crippen LogP contribution in [0.1, 0.15) is 29.9 Å². The first-order valence-corrected chi connectivity index (χ1v) is 11.8. The van der Waals surface area contributed by atoms with Crippen LogP contribution >= 0.6 is 0 Å². The van der Waals surface area contributed by atoms with Crippen molar-refractivity contribution >= 4 is 28.5 Å². The zero-order chi connectivity index (χ0) is 26.2. The maximum Gasteiger partial charge on any atom is 0.433 e. The molecule has 4 heterocycles. The van der Waals surface area contributed by atoms with Crippen molar-refractivity contribution in [3.63, 3.8) is 0 Å². The molecule has 0 fully saturated rings. The fraction of sp³-hybridized carbons (Fsp3) is 0.280.